The van der Waals surface area contributed by atoms with Gasteiger partial charge in [-0.15, -0.1) is 0 Å². The van der Waals surface area contributed by atoms with Gasteiger partial charge in [-0.1, -0.05) is 0 Å². The van der Waals surface area contributed by atoms with Crippen molar-refractivity contribution in [2.75, 3.05) is 6.26 Å². The number of carbonyl (C=O) groups is 1. The molecule has 1 heterocycles. The van der Waals surface area contributed by atoms with Gasteiger partial charge in [-0.3, -0.25) is 4.79 Å². The summed E-state index contributed by atoms with van der Waals surface area (Å²) in [5.41, 5.74) is -0.368. The van der Waals surface area contributed by atoms with Crippen molar-refractivity contribution in [3.63, 3.8) is 0 Å². The molecule has 1 aromatic rings. The molecule has 84 valence electrons. The lowest BCUT2D eigenvalue weighted by Gasteiger charge is -2.21. The van der Waals surface area contributed by atoms with E-state index in [1.54, 1.807) is 0 Å². The first-order valence-electron chi connectivity index (χ1n) is 4.41. The summed E-state index contributed by atoms with van der Waals surface area (Å²) in [5.74, 6) is 0. The van der Waals surface area contributed by atoms with Crippen molar-refractivity contribution in [1.82, 2.24) is 9.78 Å². The van der Waals surface area contributed by atoms with Crippen LogP contribution in [0, 0.1) is 0 Å². The van der Waals surface area contributed by atoms with E-state index in [1.807, 2.05) is 20.8 Å². The molecule has 0 atom stereocenters. The lowest BCUT2D eigenvalue weighted by molar-refractivity contribution is 0.111. The van der Waals surface area contributed by atoms with Crippen LogP contribution in [0.2, 0.25) is 0 Å². The van der Waals surface area contributed by atoms with E-state index in [1.165, 1.54) is 10.9 Å². The molecule has 0 amide bonds. The monoisotopic (exact) mass is 230 g/mol. The Morgan fingerprint density at radius 1 is 1.40 bits per heavy atom. The minimum absolute atomic E-state index is 0.0231. The van der Waals surface area contributed by atoms with Gasteiger partial charge in [0.1, 0.15) is 0 Å². The average molecular weight is 230 g/mol. The molecule has 0 spiro atoms. The number of rotatable bonds is 2. The predicted molar refractivity (Wildman–Crippen MR) is 55.7 cm³/mol. The Labute approximate surface area is 89.0 Å². The molecule has 15 heavy (non-hydrogen) atoms. The lowest BCUT2D eigenvalue weighted by Crippen LogP contribution is -2.27. The molecule has 0 aromatic carbocycles. The Morgan fingerprint density at radius 2 is 1.93 bits per heavy atom. The van der Waals surface area contributed by atoms with Crippen molar-refractivity contribution in [1.29, 1.82) is 0 Å². The molecule has 5 nitrogen and oxygen atoms in total. The van der Waals surface area contributed by atoms with Gasteiger partial charge in [-0.2, -0.15) is 5.10 Å². The molecule has 0 saturated heterocycles. The van der Waals surface area contributed by atoms with Crippen LogP contribution in [0.15, 0.2) is 11.2 Å². The first-order chi connectivity index (χ1) is 6.68. The van der Waals surface area contributed by atoms with Gasteiger partial charge in [0.2, 0.25) is 0 Å². The molecule has 0 aliphatic carbocycles. The van der Waals surface area contributed by atoms with Crippen LogP contribution in [0.3, 0.4) is 0 Å². The van der Waals surface area contributed by atoms with Gasteiger partial charge >= 0.3 is 0 Å². The van der Waals surface area contributed by atoms with E-state index < -0.39 is 15.4 Å². The summed E-state index contributed by atoms with van der Waals surface area (Å²) in [6.45, 7) is 5.47. The molecular formula is C9H14N2O3S. The zero-order valence-electron chi connectivity index (χ0n) is 9.18. The van der Waals surface area contributed by atoms with Crippen LogP contribution in [0.25, 0.3) is 0 Å². The number of nitrogens with zero attached hydrogens (tertiary/aromatic N) is 2. The first kappa shape index (κ1) is 11.9. The zero-order valence-corrected chi connectivity index (χ0v) is 10.00. The third-order valence-electron chi connectivity index (χ3n) is 1.87. The van der Waals surface area contributed by atoms with Crippen LogP contribution in [-0.4, -0.2) is 30.7 Å². The summed E-state index contributed by atoms with van der Waals surface area (Å²) in [6.07, 6.45) is 2.85. The van der Waals surface area contributed by atoms with Gasteiger partial charge in [-0.05, 0) is 20.8 Å². The number of aldehydes is 1. The fraction of sp³-hybridized carbons (Fsp3) is 0.556. The van der Waals surface area contributed by atoms with Crippen LogP contribution >= 0.6 is 0 Å². The summed E-state index contributed by atoms with van der Waals surface area (Å²) in [4.78, 5) is 10.7. The molecule has 1 aromatic heterocycles. The molecule has 0 fully saturated rings. The van der Waals surface area contributed by atoms with E-state index in [4.69, 9.17) is 0 Å². The van der Waals surface area contributed by atoms with Crippen LogP contribution in [0.4, 0.5) is 0 Å². The molecule has 0 saturated carbocycles. The van der Waals surface area contributed by atoms with Gasteiger partial charge in [0, 0.05) is 6.26 Å². The highest BCUT2D eigenvalue weighted by molar-refractivity contribution is 7.90. The second-order valence-corrected chi connectivity index (χ2v) is 6.31. The van der Waals surface area contributed by atoms with E-state index >= 15 is 0 Å². The number of sulfone groups is 1. The third kappa shape index (κ3) is 2.26. The molecular weight excluding hydrogens is 216 g/mol. The van der Waals surface area contributed by atoms with Crippen molar-refractivity contribution in [3.05, 3.63) is 11.8 Å². The van der Waals surface area contributed by atoms with E-state index in [9.17, 15) is 13.2 Å². The maximum atomic E-state index is 11.5. The second-order valence-electron chi connectivity index (χ2n) is 4.38. The Balaban J connectivity index is 3.58. The summed E-state index contributed by atoms with van der Waals surface area (Å²) >= 11 is 0. The first-order valence-corrected chi connectivity index (χ1v) is 6.31. The SMILES string of the molecule is CC(C)(C)n1ncc(C=O)c1S(C)(=O)=O. The van der Waals surface area contributed by atoms with Gasteiger partial charge in [0.15, 0.2) is 21.1 Å². The number of hydrogen-bond donors (Lipinski definition) is 0. The molecule has 0 radical (unpaired) electrons. The third-order valence-corrected chi connectivity index (χ3v) is 2.98. The zero-order chi connectivity index (χ0) is 11.9. The van der Waals surface area contributed by atoms with Gasteiger partial charge < -0.3 is 0 Å². The van der Waals surface area contributed by atoms with Crippen molar-refractivity contribution >= 4 is 16.1 Å². The molecule has 0 aliphatic rings. The second kappa shape index (κ2) is 3.44. The van der Waals surface area contributed by atoms with E-state index in [2.05, 4.69) is 5.10 Å². The standard InChI is InChI=1S/C9H14N2O3S/c1-9(2,3)11-8(15(4,13)14)7(6-12)5-10-11/h5-6H,1-4H3. The molecule has 6 heteroatoms. The lowest BCUT2D eigenvalue weighted by atomic mass is 10.1. The fourth-order valence-electron chi connectivity index (χ4n) is 1.28. The van der Waals surface area contributed by atoms with Gasteiger partial charge in [0.05, 0.1) is 17.3 Å². The highest BCUT2D eigenvalue weighted by Gasteiger charge is 2.26. The van der Waals surface area contributed by atoms with E-state index in [-0.39, 0.29) is 10.6 Å². The number of aromatic nitrogens is 2. The molecule has 1 rings (SSSR count). The predicted octanol–water partition coefficient (Wildman–Crippen LogP) is 0.854. The van der Waals surface area contributed by atoms with E-state index in [0.29, 0.717) is 6.29 Å². The minimum atomic E-state index is -3.45. The molecule has 0 bridgehead atoms. The summed E-state index contributed by atoms with van der Waals surface area (Å²) < 4.78 is 24.4. The quantitative estimate of drug-likeness (QED) is 0.706. The van der Waals surface area contributed by atoms with Gasteiger partial charge in [-0.25, -0.2) is 13.1 Å². The van der Waals surface area contributed by atoms with Crippen molar-refractivity contribution in [2.45, 2.75) is 31.3 Å². The van der Waals surface area contributed by atoms with E-state index in [0.717, 1.165) is 6.26 Å². The smallest absolute Gasteiger partial charge is 0.193 e. The van der Waals surface area contributed by atoms with Crippen LogP contribution < -0.4 is 0 Å². The number of carbonyl (C=O) groups excluding carboxylic acids is 1. The Hall–Kier alpha value is -1.17. The van der Waals surface area contributed by atoms with Crippen molar-refractivity contribution in [2.24, 2.45) is 0 Å². The average Bonchev–Trinajstić information content (AvgIpc) is 2.44. The van der Waals surface area contributed by atoms with Crippen LogP contribution in [0.1, 0.15) is 31.1 Å². The van der Waals surface area contributed by atoms with Crippen molar-refractivity contribution in [3.8, 4) is 0 Å². The minimum Gasteiger partial charge on any atom is -0.298 e. The molecule has 0 N–H and O–H groups in total. The Kier molecular flexibility index (Phi) is 2.73. The highest BCUT2D eigenvalue weighted by Crippen LogP contribution is 2.22. The largest absolute Gasteiger partial charge is 0.298 e. The Bertz CT molecular complexity index is 480. The Morgan fingerprint density at radius 3 is 2.27 bits per heavy atom. The summed E-state index contributed by atoms with van der Waals surface area (Å²) in [5, 5.41) is 3.91. The summed E-state index contributed by atoms with van der Waals surface area (Å²) in [6, 6.07) is 0. The maximum Gasteiger partial charge on any atom is 0.193 e. The number of hydrogen-bond acceptors (Lipinski definition) is 4. The molecule has 0 unspecified atom stereocenters. The van der Waals surface area contributed by atoms with Crippen molar-refractivity contribution < 1.29 is 13.2 Å². The maximum absolute atomic E-state index is 11.5. The van der Waals surface area contributed by atoms with Crippen LogP contribution in [0.5, 0.6) is 0 Å². The summed E-state index contributed by atoms with van der Waals surface area (Å²) in [7, 11) is -3.45. The topological polar surface area (TPSA) is 69.0 Å². The van der Waals surface area contributed by atoms with Crippen LogP contribution in [-0.2, 0) is 15.4 Å². The fourth-order valence-corrected chi connectivity index (χ4v) is 2.44. The highest BCUT2D eigenvalue weighted by atomic mass is 32.2. The molecule has 0 aliphatic heterocycles. The normalized spacial score (nSPS) is 12.8. The van der Waals surface area contributed by atoms with Gasteiger partial charge in [0.25, 0.3) is 0 Å².